The van der Waals surface area contributed by atoms with Crippen molar-refractivity contribution in [3.8, 4) is 6.01 Å². The van der Waals surface area contributed by atoms with E-state index in [4.69, 9.17) is 33.8 Å². The van der Waals surface area contributed by atoms with Gasteiger partial charge in [0.15, 0.2) is 0 Å². The molecule has 8 heteroatoms. The van der Waals surface area contributed by atoms with Gasteiger partial charge in [0.25, 0.3) is 0 Å². The summed E-state index contributed by atoms with van der Waals surface area (Å²) < 4.78 is 5.32. The lowest BCUT2D eigenvalue weighted by Gasteiger charge is -2.03. The minimum Gasteiger partial charge on any atom is -0.457 e. The maximum absolute atomic E-state index is 5.79. The molecule has 0 fully saturated rings. The summed E-state index contributed by atoms with van der Waals surface area (Å²) in [5.74, 6) is 5.28. The van der Waals surface area contributed by atoms with Crippen LogP contribution in [0.5, 0.6) is 6.01 Å². The normalized spacial score (nSPS) is 11.8. The summed E-state index contributed by atoms with van der Waals surface area (Å²) in [6.07, 6.45) is 4.37. The number of ether oxygens (including phenoxy) is 1. The van der Waals surface area contributed by atoms with Crippen LogP contribution < -0.4 is 10.6 Å². The van der Waals surface area contributed by atoms with Gasteiger partial charge in [0.05, 0.1) is 29.3 Å². The van der Waals surface area contributed by atoms with E-state index in [1.807, 2.05) is 0 Å². The second-order valence-corrected chi connectivity index (χ2v) is 4.70. The molecule has 0 saturated carbocycles. The van der Waals surface area contributed by atoms with Crippen molar-refractivity contribution < 1.29 is 4.74 Å². The number of hydrogen-bond acceptors (Lipinski definition) is 6. The van der Waals surface area contributed by atoms with E-state index in [1.54, 1.807) is 24.3 Å². The third-order valence-corrected chi connectivity index (χ3v) is 2.75. The van der Waals surface area contributed by atoms with Gasteiger partial charge in [-0.3, -0.25) is 4.99 Å². The predicted octanol–water partition coefficient (Wildman–Crippen LogP) is 2.88. The van der Waals surface area contributed by atoms with Gasteiger partial charge >= 0.3 is 6.01 Å². The van der Waals surface area contributed by atoms with Gasteiger partial charge in [-0.15, -0.1) is 0 Å². The summed E-state index contributed by atoms with van der Waals surface area (Å²) >= 11 is 11.5. The number of halogens is 2. The number of hydrazone groups is 1. The molecule has 0 atom stereocenters. The van der Waals surface area contributed by atoms with Crippen LogP contribution in [-0.2, 0) is 0 Å². The number of benzene rings is 1. The van der Waals surface area contributed by atoms with E-state index in [0.717, 1.165) is 5.69 Å². The molecule has 0 amide bonds. The second-order valence-electron chi connectivity index (χ2n) is 3.83. The van der Waals surface area contributed by atoms with Crippen LogP contribution in [-0.4, -0.2) is 28.5 Å². The van der Waals surface area contributed by atoms with E-state index in [1.165, 1.54) is 18.6 Å². The largest absolute Gasteiger partial charge is 0.457 e. The van der Waals surface area contributed by atoms with Crippen LogP contribution in [0, 0.1) is 0 Å². The van der Waals surface area contributed by atoms with Crippen molar-refractivity contribution in [2.24, 2.45) is 15.9 Å². The lowest BCUT2D eigenvalue weighted by Crippen LogP contribution is -2.15. The number of nitrogens with zero attached hydrogens (tertiary/aromatic N) is 4. The molecule has 2 N–H and O–H groups in total. The third-order valence-electron chi connectivity index (χ3n) is 2.30. The van der Waals surface area contributed by atoms with Gasteiger partial charge < -0.3 is 10.6 Å². The standard InChI is InChI=1S/C13H11Cl2N5O/c14-9-1-3-11(4-2-9)17-7-12(20-16)8-21-13-18-5-10(15)6-19-13/h1-7H,8,16H2. The van der Waals surface area contributed by atoms with Crippen molar-refractivity contribution in [2.75, 3.05) is 6.61 Å². The molecular weight excluding hydrogens is 313 g/mol. The SMILES string of the molecule is NN=C(C=Nc1ccc(Cl)cc1)COc1ncc(Cl)cn1. The van der Waals surface area contributed by atoms with Crippen LogP contribution in [0.2, 0.25) is 10.0 Å². The van der Waals surface area contributed by atoms with Crippen molar-refractivity contribution >= 4 is 40.8 Å². The summed E-state index contributed by atoms with van der Waals surface area (Å²) in [6.45, 7) is 0.0925. The Morgan fingerprint density at radius 2 is 1.81 bits per heavy atom. The Morgan fingerprint density at radius 3 is 2.43 bits per heavy atom. The highest BCUT2D eigenvalue weighted by molar-refractivity contribution is 6.32. The molecule has 21 heavy (non-hydrogen) atoms. The number of nitrogens with two attached hydrogens (primary N) is 1. The first kappa shape index (κ1) is 15.2. The van der Waals surface area contributed by atoms with Crippen molar-refractivity contribution in [3.63, 3.8) is 0 Å². The van der Waals surface area contributed by atoms with E-state index in [2.05, 4.69) is 20.1 Å². The highest BCUT2D eigenvalue weighted by Crippen LogP contribution is 2.15. The Hall–Kier alpha value is -2.18. The van der Waals surface area contributed by atoms with Crippen molar-refractivity contribution in [2.45, 2.75) is 0 Å². The molecule has 0 aliphatic rings. The number of aromatic nitrogens is 2. The first-order chi connectivity index (χ1) is 10.2. The van der Waals surface area contributed by atoms with Crippen molar-refractivity contribution in [1.29, 1.82) is 0 Å². The predicted molar refractivity (Wildman–Crippen MR) is 83.8 cm³/mol. The van der Waals surface area contributed by atoms with Crippen LogP contribution in [0.15, 0.2) is 46.8 Å². The maximum Gasteiger partial charge on any atom is 0.316 e. The van der Waals surface area contributed by atoms with Crippen LogP contribution in [0.4, 0.5) is 5.69 Å². The molecule has 6 nitrogen and oxygen atoms in total. The summed E-state index contributed by atoms with van der Waals surface area (Å²) in [5.41, 5.74) is 1.16. The number of hydrogen-bond donors (Lipinski definition) is 1. The van der Waals surface area contributed by atoms with Crippen LogP contribution >= 0.6 is 23.2 Å². The quantitative estimate of drug-likeness (QED) is 0.520. The summed E-state index contributed by atoms with van der Waals surface area (Å²) in [4.78, 5) is 12.0. The Morgan fingerprint density at radius 1 is 1.14 bits per heavy atom. The fourth-order valence-corrected chi connectivity index (χ4v) is 1.52. The molecule has 0 unspecified atom stereocenters. The molecule has 0 radical (unpaired) electrons. The van der Waals surface area contributed by atoms with Crippen molar-refractivity contribution in [3.05, 3.63) is 46.7 Å². The first-order valence-corrected chi connectivity index (χ1v) is 6.59. The van der Waals surface area contributed by atoms with Crippen LogP contribution in [0.1, 0.15) is 0 Å². The zero-order chi connectivity index (χ0) is 15.1. The lowest BCUT2D eigenvalue weighted by molar-refractivity contribution is 0.346. The van der Waals surface area contributed by atoms with Crippen molar-refractivity contribution in [1.82, 2.24) is 9.97 Å². The molecule has 1 aromatic heterocycles. The van der Waals surface area contributed by atoms with E-state index in [9.17, 15) is 0 Å². The monoisotopic (exact) mass is 323 g/mol. The van der Waals surface area contributed by atoms with Gasteiger partial charge in [-0.25, -0.2) is 9.97 Å². The summed E-state index contributed by atoms with van der Waals surface area (Å²) in [7, 11) is 0. The Bertz CT molecular complexity index is 641. The number of rotatable bonds is 5. The Kier molecular flexibility index (Phi) is 5.48. The van der Waals surface area contributed by atoms with Gasteiger partial charge in [0, 0.05) is 5.02 Å². The second kappa shape index (κ2) is 7.56. The van der Waals surface area contributed by atoms with Crippen LogP contribution in [0.25, 0.3) is 0 Å². The van der Waals surface area contributed by atoms with Gasteiger partial charge in [-0.2, -0.15) is 5.10 Å². The van der Waals surface area contributed by atoms with Gasteiger partial charge in [0.1, 0.15) is 12.3 Å². The molecule has 2 aromatic rings. The van der Waals surface area contributed by atoms with E-state index < -0.39 is 0 Å². The third kappa shape index (κ3) is 5.02. The Labute approximate surface area is 131 Å². The highest BCUT2D eigenvalue weighted by Gasteiger charge is 2.01. The van der Waals surface area contributed by atoms with E-state index >= 15 is 0 Å². The zero-order valence-electron chi connectivity index (χ0n) is 10.8. The number of aliphatic imine (C=N–C) groups is 1. The smallest absolute Gasteiger partial charge is 0.316 e. The molecule has 0 saturated heterocycles. The lowest BCUT2D eigenvalue weighted by atomic mass is 10.3. The van der Waals surface area contributed by atoms with E-state index in [0.29, 0.717) is 15.8 Å². The zero-order valence-corrected chi connectivity index (χ0v) is 12.3. The average Bonchev–Trinajstić information content (AvgIpc) is 2.51. The van der Waals surface area contributed by atoms with Gasteiger partial charge in [-0.05, 0) is 24.3 Å². The topological polar surface area (TPSA) is 85.8 Å². The fourth-order valence-electron chi connectivity index (χ4n) is 1.30. The molecular formula is C13H11Cl2N5O. The molecule has 0 spiro atoms. The highest BCUT2D eigenvalue weighted by atomic mass is 35.5. The molecule has 108 valence electrons. The first-order valence-electron chi connectivity index (χ1n) is 5.84. The molecule has 1 aromatic carbocycles. The summed E-state index contributed by atoms with van der Waals surface area (Å²) in [6, 6.07) is 7.21. The fraction of sp³-hybridized carbons (Fsp3) is 0.0769. The Balaban J connectivity index is 1.94. The maximum atomic E-state index is 5.79. The minimum atomic E-state index is 0.0925. The van der Waals surface area contributed by atoms with Crippen LogP contribution in [0.3, 0.4) is 0 Å². The molecule has 0 aliphatic carbocycles. The average molecular weight is 324 g/mol. The van der Waals surface area contributed by atoms with E-state index in [-0.39, 0.29) is 12.6 Å². The molecule has 1 heterocycles. The van der Waals surface area contributed by atoms with Gasteiger partial charge in [0.2, 0.25) is 0 Å². The van der Waals surface area contributed by atoms with Gasteiger partial charge in [-0.1, -0.05) is 23.2 Å². The molecule has 0 aliphatic heterocycles. The minimum absolute atomic E-state index is 0.0925. The molecule has 2 rings (SSSR count). The summed E-state index contributed by atoms with van der Waals surface area (Å²) in [5, 5.41) is 4.66. The molecule has 0 bridgehead atoms.